The van der Waals surface area contributed by atoms with Gasteiger partial charge in [0.15, 0.2) is 0 Å². The van der Waals surface area contributed by atoms with Gasteiger partial charge in [0.05, 0.1) is 12.0 Å². The number of halogens is 2. The Bertz CT molecular complexity index is 987. The normalized spacial score (nSPS) is 10.5. The zero-order valence-corrected chi connectivity index (χ0v) is 14.4. The highest BCUT2D eigenvalue weighted by Gasteiger charge is 2.08. The molecule has 0 saturated heterocycles. The summed E-state index contributed by atoms with van der Waals surface area (Å²) in [6.07, 6.45) is 1.30. The molecule has 2 aromatic carbocycles. The van der Waals surface area contributed by atoms with Gasteiger partial charge in [-0.25, -0.2) is 9.37 Å². The van der Waals surface area contributed by atoms with Gasteiger partial charge in [0.2, 0.25) is 5.91 Å². The SMILES string of the molecule is O=C(Cn1cnc(-c2ccc(F)cc2)cc1=O)NCc1ccccc1Cl. The standard InChI is InChI=1S/C19H15ClFN3O2/c20-16-4-2-1-3-14(16)10-22-18(25)11-24-12-23-17(9-19(24)26)13-5-7-15(21)8-6-13/h1-9,12H,10-11H2,(H,22,25). The third-order valence-corrected chi connectivity index (χ3v) is 4.14. The second-order valence-electron chi connectivity index (χ2n) is 5.62. The summed E-state index contributed by atoms with van der Waals surface area (Å²) in [6, 6.07) is 14.2. The van der Waals surface area contributed by atoms with Crippen molar-refractivity contribution in [2.24, 2.45) is 0 Å². The minimum absolute atomic E-state index is 0.153. The second kappa shape index (κ2) is 7.93. The average molecular weight is 372 g/mol. The lowest BCUT2D eigenvalue weighted by Gasteiger charge is -2.09. The molecule has 0 aliphatic carbocycles. The Morgan fingerprint density at radius 1 is 1.15 bits per heavy atom. The van der Waals surface area contributed by atoms with Crippen LogP contribution in [0.3, 0.4) is 0 Å². The van der Waals surface area contributed by atoms with Crippen molar-refractivity contribution in [1.82, 2.24) is 14.9 Å². The summed E-state index contributed by atoms with van der Waals surface area (Å²) >= 11 is 6.04. The minimum atomic E-state index is -0.368. The van der Waals surface area contributed by atoms with Crippen LogP contribution < -0.4 is 10.9 Å². The quantitative estimate of drug-likeness (QED) is 0.749. The maximum atomic E-state index is 13.0. The highest BCUT2D eigenvalue weighted by molar-refractivity contribution is 6.31. The Kier molecular flexibility index (Phi) is 5.43. The van der Waals surface area contributed by atoms with Gasteiger partial charge >= 0.3 is 0 Å². The monoisotopic (exact) mass is 371 g/mol. The van der Waals surface area contributed by atoms with Crippen molar-refractivity contribution in [3.05, 3.63) is 87.7 Å². The van der Waals surface area contributed by atoms with E-state index in [4.69, 9.17) is 11.6 Å². The third-order valence-electron chi connectivity index (χ3n) is 3.77. The van der Waals surface area contributed by atoms with E-state index in [2.05, 4.69) is 10.3 Å². The van der Waals surface area contributed by atoms with Crippen LogP contribution >= 0.6 is 11.6 Å². The van der Waals surface area contributed by atoms with Gasteiger partial charge in [-0.2, -0.15) is 0 Å². The molecule has 26 heavy (non-hydrogen) atoms. The molecular weight excluding hydrogens is 357 g/mol. The first-order valence-corrected chi connectivity index (χ1v) is 8.23. The van der Waals surface area contributed by atoms with Crippen LogP contribution in [0.1, 0.15) is 5.56 Å². The molecule has 0 radical (unpaired) electrons. The zero-order valence-electron chi connectivity index (χ0n) is 13.7. The van der Waals surface area contributed by atoms with Crippen molar-refractivity contribution >= 4 is 17.5 Å². The molecule has 5 nitrogen and oxygen atoms in total. The van der Waals surface area contributed by atoms with Crippen LogP contribution in [0.5, 0.6) is 0 Å². The van der Waals surface area contributed by atoms with Crippen LogP contribution in [-0.2, 0) is 17.9 Å². The molecule has 0 bridgehead atoms. The molecule has 1 heterocycles. The molecule has 0 unspecified atom stereocenters. The van der Waals surface area contributed by atoms with Crippen LogP contribution in [0.2, 0.25) is 5.02 Å². The number of hydrogen-bond acceptors (Lipinski definition) is 3. The molecule has 3 aromatic rings. The lowest BCUT2D eigenvalue weighted by atomic mass is 10.1. The molecule has 1 aromatic heterocycles. The lowest BCUT2D eigenvalue weighted by Crippen LogP contribution is -2.32. The van der Waals surface area contributed by atoms with E-state index in [0.717, 1.165) is 5.56 Å². The fourth-order valence-electron chi connectivity index (χ4n) is 2.37. The average Bonchev–Trinajstić information content (AvgIpc) is 2.63. The van der Waals surface area contributed by atoms with Crippen molar-refractivity contribution in [1.29, 1.82) is 0 Å². The van der Waals surface area contributed by atoms with Gasteiger partial charge in [-0.1, -0.05) is 29.8 Å². The first-order valence-electron chi connectivity index (χ1n) is 7.85. The molecule has 0 aliphatic heterocycles. The Labute approximate surface area is 154 Å². The number of carbonyl (C=O) groups is 1. The smallest absolute Gasteiger partial charge is 0.254 e. The number of aromatic nitrogens is 2. The molecule has 1 N–H and O–H groups in total. The largest absolute Gasteiger partial charge is 0.350 e. The summed E-state index contributed by atoms with van der Waals surface area (Å²) in [6.45, 7) is 0.119. The van der Waals surface area contributed by atoms with Gasteiger partial charge in [0.25, 0.3) is 5.56 Å². The predicted molar refractivity (Wildman–Crippen MR) is 97.2 cm³/mol. The molecule has 0 aliphatic rings. The number of nitrogens with zero attached hydrogens (tertiary/aromatic N) is 2. The summed E-state index contributed by atoms with van der Waals surface area (Å²) in [5.74, 6) is -0.694. The minimum Gasteiger partial charge on any atom is -0.350 e. The first kappa shape index (κ1) is 17.8. The van der Waals surface area contributed by atoms with Gasteiger partial charge in [0.1, 0.15) is 12.4 Å². The number of amides is 1. The van der Waals surface area contributed by atoms with Crippen LogP contribution in [0.25, 0.3) is 11.3 Å². The Morgan fingerprint density at radius 2 is 1.88 bits per heavy atom. The maximum absolute atomic E-state index is 13.0. The van der Waals surface area contributed by atoms with Crippen molar-refractivity contribution in [2.75, 3.05) is 0 Å². The lowest BCUT2D eigenvalue weighted by molar-refractivity contribution is -0.121. The summed E-state index contributed by atoms with van der Waals surface area (Å²) in [5, 5.41) is 3.28. The molecule has 3 rings (SSSR count). The van der Waals surface area contributed by atoms with Crippen LogP contribution in [0.4, 0.5) is 4.39 Å². The fraction of sp³-hybridized carbons (Fsp3) is 0.105. The molecule has 0 atom stereocenters. The third kappa shape index (κ3) is 4.34. The number of nitrogens with one attached hydrogen (secondary N) is 1. The number of benzene rings is 2. The molecule has 1 amide bonds. The van der Waals surface area contributed by atoms with Crippen molar-refractivity contribution in [2.45, 2.75) is 13.1 Å². The van der Waals surface area contributed by atoms with E-state index in [1.54, 1.807) is 6.07 Å². The van der Waals surface area contributed by atoms with Crippen LogP contribution in [0.15, 0.2) is 65.7 Å². The molecule has 0 spiro atoms. The highest BCUT2D eigenvalue weighted by Crippen LogP contribution is 2.15. The van der Waals surface area contributed by atoms with E-state index >= 15 is 0 Å². The summed E-state index contributed by atoms with van der Waals surface area (Å²) < 4.78 is 14.2. The van der Waals surface area contributed by atoms with E-state index < -0.39 is 0 Å². The maximum Gasteiger partial charge on any atom is 0.254 e. The number of hydrogen-bond donors (Lipinski definition) is 1. The first-order chi connectivity index (χ1) is 12.5. The molecule has 132 valence electrons. The van der Waals surface area contributed by atoms with Gasteiger partial charge in [-0.15, -0.1) is 0 Å². The van der Waals surface area contributed by atoms with Gasteiger partial charge < -0.3 is 5.32 Å². The van der Waals surface area contributed by atoms with Crippen LogP contribution in [0, 0.1) is 5.82 Å². The van der Waals surface area contributed by atoms with E-state index in [1.165, 1.54) is 41.2 Å². The second-order valence-corrected chi connectivity index (χ2v) is 6.02. The number of carbonyl (C=O) groups excluding carboxylic acids is 1. The van der Waals surface area contributed by atoms with E-state index in [-0.39, 0.29) is 30.4 Å². The summed E-state index contributed by atoms with van der Waals surface area (Å²) in [7, 11) is 0. The van der Waals surface area contributed by atoms with Crippen molar-refractivity contribution < 1.29 is 9.18 Å². The van der Waals surface area contributed by atoms with E-state index in [9.17, 15) is 14.0 Å². The van der Waals surface area contributed by atoms with E-state index in [1.807, 2.05) is 18.2 Å². The molecule has 0 fully saturated rings. The predicted octanol–water partition coefficient (Wildman–Crippen LogP) is 3.02. The molecule has 7 heteroatoms. The Morgan fingerprint density at radius 3 is 2.58 bits per heavy atom. The van der Waals surface area contributed by atoms with Crippen LogP contribution in [-0.4, -0.2) is 15.5 Å². The topological polar surface area (TPSA) is 64.0 Å². The summed E-state index contributed by atoms with van der Waals surface area (Å²) in [5.41, 5.74) is 1.47. The fourth-order valence-corrected chi connectivity index (χ4v) is 2.57. The highest BCUT2D eigenvalue weighted by atomic mass is 35.5. The molecule has 0 saturated carbocycles. The van der Waals surface area contributed by atoms with Crippen molar-refractivity contribution in [3.63, 3.8) is 0 Å². The van der Waals surface area contributed by atoms with Gasteiger partial charge in [0, 0.05) is 23.2 Å². The Balaban J connectivity index is 1.66. The van der Waals surface area contributed by atoms with E-state index in [0.29, 0.717) is 16.3 Å². The van der Waals surface area contributed by atoms with Gasteiger partial charge in [-0.3, -0.25) is 14.2 Å². The van der Waals surface area contributed by atoms with Crippen molar-refractivity contribution in [3.8, 4) is 11.3 Å². The Hall–Kier alpha value is -2.99. The summed E-state index contributed by atoms with van der Waals surface area (Å²) in [4.78, 5) is 28.4. The molecular formula is C19H15ClFN3O2. The number of rotatable bonds is 5. The van der Waals surface area contributed by atoms with Gasteiger partial charge in [-0.05, 0) is 35.9 Å². The zero-order chi connectivity index (χ0) is 18.5.